The molecule has 0 saturated carbocycles. The molecule has 0 bridgehead atoms. The van der Waals surface area contributed by atoms with Gasteiger partial charge in [-0.3, -0.25) is 24.1 Å². The lowest BCUT2D eigenvalue weighted by molar-refractivity contribution is 0.0590. The van der Waals surface area contributed by atoms with E-state index in [-0.39, 0.29) is 23.5 Å². The second kappa shape index (κ2) is 5.49. The van der Waals surface area contributed by atoms with Crippen molar-refractivity contribution >= 4 is 7.82 Å². The minimum atomic E-state index is -4.81. The lowest BCUT2D eigenvalue weighted by atomic mass is 10.3. The highest BCUT2D eigenvalue weighted by molar-refractivity contribution is 7.46. The Kier molecular flexibility index (Phi) is 4.06. The molecule has 4 N–H and O–H groups in total. The minimum Gasteiger partial charge on any atom is -0.468 e. The van der Waals surface area contributed by atoms with Gasteiger partial charge in [-0.05, 0) is 6.92 Å². The Balaban J connectivity index is 2.31. The van der Waals surface area contributed by atoms with Gasteiger partial charge in [-0.25, -0.2) is 9.36 Å². The average molecular weight is 320 g/mol. The second-order valence-electron chi connectivity index (χ2n) is 4.34. The van der Waals surface area contributed by atoms with E-state index < -0.39 is 31.9 Å². The summed E-state index contributed by atoms with van der Waals surface area (Å²) in [6.45, 7) is 0.833. The van der Waals surface area contributed by atoms with Crippen LogP contribution in [0.3, 0.4) is 0 Å². The summed E-state index contributed by atoms with van der Waals surface area (Å²) >= 11 is 0. The fraction of sp³-hybridized carbons (Fsp3) is 0.400. The number of aliphatic hydroxyl groups excluding tert-OH is 1. The SMILES string of the molecule is Cc1cn([C@H]2CC(OP(=O)(O)O)=C(CO)O2)c(=O)[nH]c1=O. The third-order valence-electron chi connectivity index (χ3n) is 2.78. The smallest absolute Gasteiger partial charge is 0.468 e. The molecule has 1 aliphatic rings. The van der Waals surface area contributed by atoms with Crippen molar-refractivity contribution in [1.82, 2.24) is 9.55 Å². The van der Waals surface area contributed by atoms with E-state index >= 15 is 0 Å². The van der Waals surface area contributed by atoms with E-state index in [0.29, 0.717) is 0 Å². The molecule has 21 heavy (non-hydrogen) atoms. The van der Waals surface area contributed by atoms with Gasteiger partial charge in [-0.15, -0.1) is 0 Å². The van der Waals surface area contributed by atoms with E-state index in [2.05, 4.69) is 9.51 Å². The molecule has 11 heteroatoms. The van der Waals surface area contributed by atoms with E-state index in [1.54, 1.807) is 0 Å². The summed E-state index contributed by atoms with van der Waals surface area (Å²) < 4.78 is 21.5. The van der Waals surface area contributed by atoms with Crippen molar-refractivity contribution in [3.63, 3.8) is 0 Å². The van der Waals surface area contributed by atoms with Crippen LogP contribution < -0.4 is 11.2 Å². The zero-order valence-corrected chi connectivity index (χ0v) is 11.7. The molecule has 0 aliphatic carbocycles. The first kappa shape index (κ1) is 15.5. The van der Waals surface area contributed by atoms with E-state index in [1.807, 2.05) is 0 Å². The van der Waals surface area contributed by atoms with Crippen molar-refractivity contribution < 1.29 is 28.7 Å². The Morgan fingerprint density at radius 2 is 2.19 bits per heavy atom. The largest absolute Gasteiger partial charge is 0.524 e. The van der Waals surface area contributed by atoms with Crippen LogP contribution in [0.5, 0.6) is 0 Å². The quantitative estimate of drug-likeness (QED) is 0.520. The third kappa shape index (κ3) is 3.42. The summed E-state index contributed by atoms with van der Waals surface area (Å²) in [7, 11) is -4.81. The van der Waals surface area contributed by atoms with Gasteiger partial charge in [0, 0.05) is 11.8 Å². The van der Waals surface area contributed by atoms with Crippen molar-refractivity contribution in [2.75, 3.05) is 6.61 Å². The number of nitrogens with one attached hydrogen (secondary N) is 1. The molecule has 1 aliphatic heterocycles. The number of aryl methyl sites for hydroxylation is 1. The van der Waals surface area contributed by atoms with Crippen molar-refractivity contribution in [3.05, 3.63) is 44.1 Å². The van der Waals surface area contributed by atoms with Crippen LogP contribution >= 0.6 is 7.82 Å². The summed E-state index contributed by atoms with van der Waals surface area (Å²) in [6.07, 6.45) is 0.102. The number of H-pyrrole nitrogens is 1. The summed E-state index contributed by atoms with van der Waals surface area (Å²) in [6, 6.07) is 0. The van der Waals surface area contributed by atoms with Crippen LogP contribution in [-0.4, -0.2) is 31.1 Å². The fourth-order valence-electron chi connectivity index (χ4n) is 1.86. The van der Waals surface area contributed by atoms with Crippen LogP contribution in [0, 0.1) is 6.92 Å². The molecule has 1 aromatic heterocycles. The molecule has 0 aromatic carbocycles. The van der Waals surface area contributed by atoms with Gasteiger partial charge < -0.3 is 14.4 Å². The minimum absolute atomic E-state index is 0.174. The standard InChI is InChI=1S/C10H13N2O8P/c1-5-3-12(10(15)11-9(5)14)8-2-6(7(4-13)19-8)20-21(16,17)18/h3,8,13H,2,4H2,1H3,(H,11,14,15)(H2,16,17,18)/t8-/m1/s1. The van der Waals surface area contributed by atoms with Gasteiger partial charge in [0.1, 0.15) is 6.61 Å². The van der Waals surface area contributed by atoms with Crippen molar-refractivity contribution in [1.29, 1.82) is 0 Å². The lowest BCUT2D eigenvalue weighted by Gasteiger charge is -2.14. The number of phosphoric acid groups is 1. The Bertz CT molecular complexity index is 742. The number of rotatable bonds is 4. The maximum Gasteiger partial charge on any atom is 0.524 e. The number of aliphatic hydroxyl groups is 1. The average Bonchev–Trinajstić information content (AvgIpc) is 2.74. The highest BCUT2D eigenvalue weighted by Gasteiger charge is 2.33. The first-order valence-corrected chi connectivity index (χ1v) is 7.31. The molecule has 0 radical (unpaired) electrons. The van der Waals surface area contributed by atoms with Crippen molar-refractivity contribution in [2.24, 2.45) is 0 Å². The Morgan fingerprint density at radius 1 is 1.52 bits per heavy atom. The van der Waals surface area contributed by atoms with E-state index in [9.17, 15) is 14.2 Å². The summed E-state index contributed by atoms with van der Waals surface area (Å²) in [5, 5.41) is 9.10. The molecule has 0 saturated heterocycles. The van der Waals surface area contributed by atoms with Crippen LogP contribution in [0.15, 0.2) is 27.3 Å². The molecule has 116 valence electrons. The molecule has 0 amide bonds. The number of aromatic nitrogens is 2. The van der Waals surface area contributed by atoms with Crippen LogP contribution in [0.4, 0.5) is 0 Å². The Morgan fingerprint density at radius 3 is 2.76 bits per heavy atom. The van der Waals surface area contributed by atoms with Crippen LogP contribution in [-0.2, 0) is 13.8 Å². The Hall–Kier alpha value is -1.87. The monoisotopic (exact) mass is 320 g/mol. The molecule has 1 aromatic rings. The van der Waals surface area contributed by atoms with Crippen molar-refractivity contribution in [2.45, 2.75) is 19.6 Å². The molecule has 0 unspecified atom stereocenters. The van der Waals surface area contributed by atoms with Crippen LogP contribution in [0.25, 0.3) is 0 Å². The predicted molar refractivity (Wildman–Crippen MR) is 68.0 cm³/mol. The predicted octanol–water partition coefficient (Wildman–Crippen LogP) is -0.923. The van der Waals surface area contributed by atoms with Gasteiger partial charge in [0.15, 0.2) is 17.7 Å². The molecule has 2 rings (SSSR count). The fourth-order valence-corrected chi connectivity index (χ4v) is 2.32. The zero-order chi connectivity index (χ0) is 15.8. The van der Waals surface area contributed by atoms with Crippen LogP contribution in [0.2, 0.25) is 0 Å². The molecule has 1 atom stereocenters. The summed E-state index contributed by atoms with van der Waals surface area (Å²) in [5.74, 6) is -0.425. The Labute approximate surface area is 117 Å². The molecular weight excluding hydrogens is 307 g/mol. The van der Waals surface area contributed by atoms with Gasteiger partial charge in [0.05, 0.1) is 6.42 Å². The molecule has 10 nitrogen and oxygen atoms in total. The summed E-state index contributed by atoms with van der Waals surface area (Å²) in [4.78, 5) is 42.7. The van der Waals surface area contributed by atoms with E-state index in [0.717, 1.165) is 4.57 Å². The maximum absolute atomic E-state index is 11.7. The van der Waals surface area contributed by atoms with Gasteiger partial charge in [0.2, 0.25) is 0 Å². The normalized spacial score (nSPS) is 18.8. The number of nitrogens with zero attached hydrogens (tertiary/aromatic N) is 1. The van der Waals surface area contributed by atoms with Gasteiger partial charge >= 0.3 is 13.5 Å². The molecule has 0 fully saturated rings. The van der Waals surface area contributed by atoms with E-state index in [1.165, 1.54) is 13.1 Å². The number of phosphoric ester groups is 1. The van der Waals surface area contributed by atoms with Gasteiger partial charge in [-0.1, -0.05) is 0 Å². The van der Waals surface area contributed by atoms with Gasteiger partial charge in [0.25, 0.3) is 5.56 Å². The lowest BCUT2D eigenvalue weighted by Crippen LogP contribution is -2.33. The van der Waals surface area contributed by atoms with E-state index in [4.69, 9.17) is 19.6 Å². The first-order chi connectivity index (χ1) is 9.71. The number of hydrogen-bond donors (Lipinski definition) is 4. The third-order valence-corrected chi connectivity index (χ3v) is 3.24. The molecular formula is C10H13N2O8P. The first-order valence-electron chi connectivity index (χ1n) is 5.78. The molecule has 2 heterocycles. The number of aromatic amines is 1. The second-order valence-corrected chi connectivity index (χ2v) is 5.51. The zero-order valence-electron chi connectivity index (χ0n) is 10.8. The highest BCUT2D eigenvalue weighted by atomic mass is 31.2. The summed E-state index contributed by atoms with van der Waals surface area (Å²) in [5.41, 5.74) is -1.03. The van der Waals surface area contributed by atoms with Crippen molar-refractivity contribution in [3.8, 4) is 0 Å². The topological polar surface area (TPSA) is 151 Å². The highest BCUT2D eigenvalue weighted by Crippen LogP contribution is 2.44. The maximum atomic E-state index is 11.7. The van der Waals surface area contributed by atoms with Gasteiger partial charge in [-0.2, -0.15) is 0 Å². The number of ether oxygens (including phenoxy) is 1. The molecule has 0 spiro atoms. The number of hydrogen-bond acceptors (Lipinski definition) is 6. The van der Waals surface area contributed by atoms with Crippen LogP contribution in [0.1, 0.15) is 18.2 Å².